The van der Waals surface area contributed by atoms with E-state index in [-0.39, 0.29) is 5.91 Å². The van der Waals surface area contributed by atoms with Gasteiger partial charge in [-0.1, -0.05) is 6.92 Å². The molecular weight excluding hydrogens is 342 g/mol. The van der Waals surface area contributed by atoms with Crippen molar-refractivity contribution in [1.82, 2.24) is 14.7 Å². The summed E-state index contributed by atoms with van der Waals surface area (Å²) in [7, 11) is 1.76. The van der Waals surface area contributed by atoms with Crippen molar-refractivity contribution in [2.45, 2.75) is 38.6 Å². The largest absolute Gasteiger partial charge is 0.472 e. The minimum Gasteiger partial charge on any atom is -0.472 e. The summed E-state index contributed by atoms with van der Waals surface area (Å²) >= 11 is 0. The van der Waals surface area contributed by atoms with Gasteiger partial charge in [0.15, 0.2) is 0 Å². The number of amides is 1. The van der Waals surface area contributed by atoms with Crippen LogP contribution in [0.4, 0.5) is 0 Å². The van der Waals surface area contributed by atoms with E-state index in [4.69, 9.17) is 9.15 Å². The van der Waals surface area contributed by atoms with Crippen LogP contribution in [0.1, 0.15) is 43.0 Å². The van der Waals surface area contributed by atoms with Gasteiger partial charge in [-0.15, -0.1) is 0 Å². The summed E-state index contributed by atoms with van der Waals surface area (Å²) in [5.41, 5.74) is 0.675. The summed E-state index contributed by atoms with van der Waals surface area (Å²) in [6.07, 6.45) is 7.91. The van der Waals surface area contributed by atoms with Crippen LogP contribution in [-0.4, -0.2) is 86.2 Å². The summed E-state index contributed by atoms with van der Waals surface area (Å²) in [5, 5.41) is 0. The third-order valence-corrected chi connectivity index (χ3v) is 6.19. The van der Waals surface area contributed by atoms with Crippen LogP contribution < -0.4 is 0 Å². The molecule has 27 heavy (non-hydrogen) atoms. The maximum Gasteiger partial charge on any atom is 0.257 e. The molecule has 3 heterocycles. The molecule has 0 aliphatic carbocycles. The number of piperidine rings is 1. The molecule has 6 nitrogen and oxygen atoms in total. The Labute approximate surface area is 163 Å². The third-order valence-electron chi connectivity index (χ3n) is 6.19. The Morgan fingerprint density at radius 3 is 2.74 bits per heavy atom. The van der Waals surface area contributed by atoms with Crippen LogP contribution >= 0.6 is 0 Å². The number of hydrogen-bond donors (Lipinski definition) is 0. The molecule has 1 aromatic heterocycles. The van der Waals surface area contributed by atoms with Gasteiger partial charge >= 0.3 is 0 Å². The molecule has 0 bridgehead atoms. The molecule has 0 aromatic carbocycles. The van der Waals surface area contributed by atoms with Crippen molar-refractivity contribution in [3.63, 3.8) is 0 Å². The molecule has 1 aromatic rings. The molecule has 0 unspecified atom stereocenters. The lowest BCUT2D eigenvalue weighted by Crippen LogP contribution is -2.46. The Kier molecular flexibility index (Phi) is 7.73. The quantitative estimate of drug-likeness (QED) is 0.662. The standard InChI is InChI=1S/C21H35N3O3/c1-3-23-9-4-5-20(23)16-24(21(25)19-8-13-27-17-19)15-18-6-10-22(11-7-18)12-14-26-2/h8,13,17-18,20H,3-7,9-12,14-16H2,1-2H3/t20-/m1/s1. The van der Waals surface area contributed by atoms with Crippen molar-refractivity contribution in [2.24, 2.45) is 5.92 Å². The van der Waals surface area contributed by atoms with Crippen LogP contribution in [0, 0.1) is 5.92 Å². The SMILES string of the molecule is CCN1CCC[C@@H]1CN(CC1CCN(CCOC)CC1)C(=O)c1ccoc1. The molecule has 0 radical (unpaired) electrons. The molecule has 1 amide bonds. The summed E-state index contributed by atoms with van der Waals surface area (Å²) in [6, 6.07) is 2.28. The molecular formula is C21H35N3O3. The monoisotopic (exact) mass is 377 g/mol. The molecule has 2 aliphatic rings. The van der Waals surface area contributed by atoms with Crippen molar-refractivity contribution in [3.8, 4) is 0 Å². The molecule has 3 rings (SSSR count). The minimum atomic E-state index is 0.119. The Balaban J connectivity index is 1.59. The van der Waals surface area contributed by atoms with Crippen LogP contribution in [0.2, 0.25) is 0 Å². The lowest BCUT2D eigenvalue weighted by Gasteiger charge is -2.36. The number of carbonyl (C=O) groups excluding carboxylic acids is 1. The van der Waals surface area contributed by atoms with E-state index in [1.807, 2.05) is 0 Å². The highest BCUT2D eigenvalue weighted by Crippen LogP contribution is 2.23. The number of ether oxygens (including phenoxy) is 1. The molecule has 152 valence electrons. The van der Waals surface area contributed by atoms with Gasteiger partial charge in [-0.05, 0) is 63.8 Å². The van der Waals surface area contributed by atoms with E-state index in [0.717, 1.165) is 65.3 Å². The molecule has 0 N–H and O–H groups in total. The molecule has 0 saturated carbocycles. The smallest absolute Gasteiger partial charge is 0.257 e. The van der Waals surface area contributed by atoms with Gasteiger partial charge in [0.1, 0.15) is 6.26 Å². The summed E-state index contributed by atoms with van der Waals surface area (Å²) in [4.78, 5) is 20.2. The number of hydrogen-bond acceptors (Lipinski definition) is 5. The maximum atomic E-state index is 13.1. The molecule has 0 spiro atoms. The van der Waals surface area contributed by atoms with Crippen LogP contribution in [0.25, 0.3) is 0 Å². The lowest BCUT2D eigenvalue weighted by molar-refractivity contribution is 0.0616. The van der Waals surface area contributed by atoms with E-state index in [2.05, 4.69) is 21.6 Å². The van der Waals surface area contributed by atoms with Crippen molar-refractivity contribution < 1.29 is 13.9 Å². The van der Waals surface area contributed by atoms with Gasteiger partial charge in [-0.3, -0.25) is 9.69 Å². The predicted molar refractivity (Wildman–Crippen MR) is 106 cm³/mol. The van der Waals surface area contributed by atoms with E-state index >= 15 is 0 Å². The first-order chi connectivity index (χ1) is 13.2. The van der Waals surface area contributed by atoms with Gasteiger partial charge in [-0.2, -0.15) is 0 Å². The van der Waals surface area contributed by atoms with E-state index in [1.54, 1.807) is 25.7 Å². The number of carbonyl (C=O) groups is 1. The fourth-order valence-electron chi connectivity index (χ4n) is 4.51. The zero-order valence-corrected chi connectivity index (χ0v) is 16.9. The van der Waals surface area contributed by atoms with Crippen molar-refractivity contribution in [2.75, 3.05) is 59.5 Å². The first kappa shape index (κ1) is 20.4. The number of likely N-dealkylation sites (N-methyl/N-ethyl adjacent to an activating group) is 1. The van der Waals surface area contributed by atoms with E-state index in [1.165, 1.54) is 12.8 Å². The Bertz CT molecular complexity index is 555. The fourth-order valence-corrected chi connectivity index (χ4v) is 4.51. The number of likely N-dealkylation sites (tertiary alicyclic amines) is 2. The number of methoxy groups -OCH3 is 1. The van der Waals surface area contributed by atoms with Gasteiger partial charge in [0.25, 0.3) is 5.91 Å². The molecule has 1 atom stereocenters. The zero-order chi connectivity index (χ0) is 19.1. The summed E-state index contributed by atoms with van der Waals surface area (Å²) in [5.74, 6) is 0.699. The van der Waals surface area contributed by atoms with Crippen molar-refractivity contribution >= 4 is 5.91 Å². The number of rotatable bonds is 9. The van der Waals surface area contributed by atoms with E-state index in [9.17, 15) is 4.79 Å². The third kappa shape index (κ3) is 5.56. The Morgan fingerprint density at radius 2 is 2.07 bits per heavy atom. The highest BCUT2D eigenvalue weighted by atomic mass is 16.5. The fraction of sp³-hybridized carbons (Fsp3) is 0.762. The second-order valence-electron chi connectivity index (χ2n) is 7.92. The Morgan fingerprint density at radius 1 is 1.26 bits per heavy atom. The van der Waals surface area contributed by atoms with E-state index < -0.39 is 0 Å². The maximum absolute atomic E-state index is 13.1. The normalized spacial score (nSPS) is 22.4. The summed E-state index contributed by atoms with van der Waals surface area (Å²) < 4.78 is 10.4. The van der Waals surface area contributed by atoms with E-state index in [0.29, 0.717) is 17.5 Å². The molecule has 2 fully saturated rings. The van der Waals surface area contributed by atoms with Gasteiger partial charge in [0.05, 0.1) is 18.4 Å². The van der Waals surface area contributed by atoms with Crippen LogP contribution in [-0.2, 0) is 4.74 Å². The lowest BCUT2D eigenvalue weighted by atomic mass is 9.95. The topological polar surface area (TPSA) is 49.2 Å². The first-order valence-corrected chi connectivity index (χ1v) is 10.5. The average Bonchev–Trinajstić information content (AvgIpc) is 3.38. The van der Waals surface area contributed by atoms with Crippen LogP contribution in [0.5, 0.6) is 0 Å². The molecule has 2 aliphatic heterocycles. The average molecular weight is 378 g/mol. The van der Waals surface area contributed by atoms with Gasteiger partial charge in [0, 0.05) is 32.8 Å². The second kappa shape index (κ2) is 10.2. The predicted octanol–water partition coefficient (Wildman–Crippen LogP) is 2.56. The van der Waals surface area contributed by atoms with Crippen molar-refractivity contribution in [3.05, 3.63) is 24.2 Å². The molecule has 6 heteroatoms. The second-order valence-corrected chi connectivity index (χ2v) is 7.92. The first-order valence-electron chi connectivity index (χ1n) is 10.5. The minimum absolute atomic E-state index is 0.119. The highest BCUT2D eigenvalue weighted by Gasteiger charge is 2.30. The van der Waals surface area contributed by atoms with Gasteiger partial charge in [0.2, 0.25) is 0 Å². The van der Waals surface area contributed by atoms with Crippen LogP contribution in [0.3, 0.4) is 0 Å². The zero-order valence-electron chi connectivity index (χ0n) is 16.9. The van der Waals surface area contributed by atoms with Crippen molar-refractivity contribution in [1.29, 1.82) is 0 Å². The summed E-state index contributed by atoms with van der Waals surface area (Å²) in [6.45, 7) is 10.1. The molecule has 2 saturated heterocycles. The van der Waals surface area contributed by atoms with Gasteiger partial charge in [-0.25, -0.2) is 0 Å². The number of furan rings is 1. The highest BCUT2D eigenvalue weighted by molar-refractivity contribution is 5.93. The van der Waals surface area contributed by atoms with Gasteiger partial charge < -0.3 is 19.0 Å². The Hall–Kier alpha value is -1.37. The van der Waals surface area contributed by atoms with Crippen LogP contribution in [0.15, 0.2) is 23.0 Å². The number of nitrogens with zero attached hydrogens (tertiary/aromatic N) is 3.